The van der Waals surface area contributed by atoms with Crippen LogP contribution >= 0.6 is 23.8 Å². The van der Waals surface area contributed by atoms with Crippen LogP contribution in [-0.2, 0) is 4.79 Å². The van der Waals surface area contributed by atoms with Gasteiger partial charge in [0.1, 0.15) is 6.04 Å². The van der Waals surface area contributed by atoms with E-state index in [0.29, 0.717) is 16.1 Å². The average Bonchev–Trinajstić information content (AvgIpc) is 3.16. The molecule has 1 amide bonds. The fourth-order valence-corrected chi connectivity index (χ4v) is 3.10. The van der Waals surface area contributed by atoms with Crippen molar-refractivity contribution in [3.8, 4) is 0 Å². The first-order valence-electron chi connectivity index (χ1n) is 6.47. The number of halogens is 1. The molecule has 100 valence electrons. The molecule has 1 saturated carbocycles. The number of carbonyl (C=O) groups is 1. The van der Waals surface area contributed by atoms with Gasteiger partial charge in [-0.1, -0.05) is 23.7 Å². The van der Waals surface area contributed by atoms with Crippen LogP contribution in [0.4, 0.5) is 0 Å². The van der Waals surface area contributed by atoms with Crippen molar-refractivity contribution >= 4 is 34.8 Å². The maximum atomic E-state index is 12.3. The number of nitrogens with one attached hydrogen (secondary N) is 1. The summed E-state index contributed by atoms with van der Waals surface area (Å²) in [6, 6.07) is 7.55. The molecule has 3 rings (SSSR count). The predicted octanol–water partition coefficient (Wildman–Crippen LogP) is 2.90. The molecule has 0 bridgehead atoms. The van der Waals surface area contributed by atoms with E-state index < -0.39 is 0 Å². The molecule has 1 saturated heterocycles. The van der Waals surface area contributed by atoms with E-state index in [4.69, 9.17) is 23.8 Å². The summed E-state index contributed by atoms with van der Waals surface area (Å²) in [5, 5.41) is 4.30. The molecule has 0 radical (unpaired) electrons. The molecule has 1 N–H and O–H groups in total. The van der Waals surface area contributed by atoms with Crippen molar-refractivity contribution in [2.45, 2.75) is 31.8 Å². The first-order chi connectivity index (χ1) is 9.08. The van der Waals surface area contributed by atoms with Crippen LogP contribution in [0, 0.1) is 5.92 Å². The smallest absolute Gasteiger partial charge is 0.251 e. The molecule has 0 aromatic heterocycles. The van der Waals surface area contributed by atoms with Crippen molar-refractivity contribution < 1.29 is 4.79 Å². The molecule has 1 heterocycles. The van der Waals surface area contributed by atoms with E-state index >= 15 is 0 Å². The van der Waals surface area contributed by atoms with Gasteiger partial charge in [0.15, 0.2) is 5.11 Å². The van der Waals surface area contributed by atoms with Crippen molar-refractivity contribution in [3.63, 3.8) is 0 Å². The largest absolute Gasteiger partial charge is 0.351 e. The molecule has 1 aliphatic carbocycles. The number of amides is 1. The highest BCUT2D eigenvalue weighted by atomic mass is 35.5. The Kier molecular flexibility index (Phi) is 3.23. The number of nitrogens with zero attached hydrogens (tertiary/aromatic N) is 1. The van der Waals surface area contributed by atoms with E-state index in [0.717, 1.165) is 18.4 Å². The van der Waals surface area contributed by atoms with Crippen molar-refractivity contribution in [1.82, 2.24) is 10.2 Å². The highest BCUT2D eigenvalue weighted by molar-refractivity contribution is 7.80. The quantitative estimate of drug-likeness (QED) is 0.870. The van der Waals surface area contributed by atoms with E-state index in [1.807, 2.05) is 31.2 Å². The number of rotatable bonds is 3. The van der Waals surface area contributed by atoms with Crippen molar-refractivity contribution in [2.24, 2.45) is 5.92 Å². The van der Waals surface area contributed by atoms with E-state index in [9.17, 15) is 4.79 Å². The van der Waals surface area contributed by atoms with E-state index in [-0.39, 0.29) is 18.0 Å². The van der Waals surface area contributed by atoms with Gasteiger partial charge in [0, 0.05) is 5.02 Å². The van der Waals surface area contributed by atoms with Gasteiger partial charge >= 0.3 is 0 Å². The highest BCUT2D eigenvalue weighted by Crippen LogP contribution is 2.45. The number of hydrogen-bond acceptors (Lipinski definition) is 2. The van der Waals surface area contributed by atoms with Gasteiger partial charge in [0.25, 0.3) is 5.91 Å². The molecule has 2 fully saturated rings. The molecular weight excluding hydrogens is 280 g/mol. The Balaban J connectivity index is 1.95. The lowest BCUT2D eigenvalue weighted by molar-refractivity contribution is -0.128. The fraction of sp³-hybridized carbons (Fsp3) is 0.429. The topological polar surface area (TPSA) is 32.3 Å². The minimum absolute atomic E-state index is 0.0507. The van der Waals surface area contributed by atoms with Crippen LogP contribution in [0.2, 0.25) is 5.02 Å². The molecule has 5 heteroatoms. The Morgan fingerprint density at radius 2 is 2.00 bits per heavy atom. The third-order valence-electron chi connectivity index (χ3n) is 3.72. The highest BCUT2D eigenvalue weighted by Gasteiger charge is 2.44. The summed E-state index contributed by atoms with van der Waals surface area (Å²) in [6.07, 6.45) is 2.29. The molecule has 0 spiro atoms. The summed E-state index contributed by atoms with van der Waals surface area (Å²) in [6.45, 7) is 1.85. The summed E-state index contributed by atoms with van der Waals surface area (Å²) in [4.78, 5) is 14.0. The third kappa shape index (κ3) is 2.35. The molecule has 19 heavy (non-hydrogen) atoms. The lowest BCUT2D eigenvalue weighted by Gasteiger charge is -2.27. The summed E-state index contributed by atoms with van der Waals surface area (Å²) >= 11 is 11.2. The second-order valence-corrected chi connectivity index (χ2v) is 6.04. The van der Waals surface area contributed by atoms with E-state index in [2.05, 4.69) is 5.32 Å². The summed E-state index contributed by atoms with van der Waals surface area (Å²) in [5.41, 5.74) is 1.11. The number of hydrogen-bond donors (Lipinski definition) is 1. The number of benzene rings is 1. The standard InChI is InChI=1S/C14H15ClN2OS/c1-8-13(18)17(14(19)16-8)12(9-2-3-9)10-4-6-11(15)7-5-10/h4-9,12H,2-3H2,1H3,(H,16,19). The zero-order valence-corrected chi connectivity index (χ0v) is 12.2. The normalized spacial score (nSPS) is 24.5. The van der Waals surface area contributed by atoms with E-state index in [1.165, 1.54) is 0 Å². The van der Waals surface area contributed by atoms with Crippen LogP contribution in [0.25, 0.3) is 0 Å². The molecular formula is C14H15ClN2OS. The molecule has 2 unspecified atom stereocenters. The van der Waals surface area contributed by atoms with Crippen LogP contribution in [0.3, 0.4) is 0 Å². The third-order valence-corrected chi connectivity index (χ3v) is 4.29. The minimum atomic E-state index is -0.221. The molecule has 2 aliphatic rings. The van der Waals surface area contributed by atoms with Gasteiger partial charge in [-0.3, -0.25) is 9.69 Å². The minimum Gasteiger partial charge on any atom is -0.351 e. The Morgan fingerprint density at radius 1 is 1.37 bits per heavy atom. The number of carbonyl (C=O) groups excluding carboxylic acids is 1. The van der Waals surface area contributed by atoms with Crippen LogP contribution in [0.15, 0.2) is 24.3 Å². The Labute approximate surface area is 122 Å². The van der Waals surface area contributed by atoms with Crippen LogP contribution < -0.4 is 5.32 Å². The second-order valence-electron chi connectivity index (χ2n) is 5.21. The van der Waals surface area contributed by atoms with Crippen LogP contribution in [-0.4, -0.2) is 22.0 Å². The summed E-state index contributed by atoms with van der Waals surface area (Å²) in [5.74, 6) is 0.576. The SMILES string of the molecule is CC1NC(=S)N(C(c2ccc(Cl)cc2)C2CC2)C1=O. The first-order valence-corrected chi connectivity index (χ1v) is 7.25. The van der Waals surface area contributed by atoms with Gasteiger partial charge in [0.2, 0.25) is 0 Å². The summed E-state index contributed by atoms with van der Waals surface area (Å²) in [7, 11) is 0. The maximum absolute atomic E-state index is 12.3. The molecule has 2 atom stereocenters. The van der Waals surface area contributed by atoms with Gasteiger partial charge in [-0.2, -0.15) is 0 Å². The number of thiocarbonyl (C=S) groups is 1. The molecule has 1 aromatic rings. The molecule has 1 aliphatic heterocycles. The monoisotopic (exact) mass is 294 g/mol. The van der Waals surface area contributed by atoms with Gasteiger partial charge < -0.3 is 5.32 Å². The zero-order valence-electron chi connectivity index (χ0n) is 10.6. The van der Waals surface area contributed by atoms with Crippen molar-refractivity contribution in [2.75, 3.05) is 0 Å². The van der Waals surface area contributed by atoms with Crippen LogP contribution in [0.5, 0.6) is 0 Å². The Morgan fingerprint density at radius 3 is 2.47 bits per heavy atom. The van der Waals surface area contributed by atoms with Gasteiger partial charge in [-0.05, 0) is 55.6 Å². The average molecular weight is 295 g/mol. The lowest BCUT2D eigenvalue weighted by atomic mass is 10.0. The lowest BCUT2D eigenvalue weighted by Crippen LogP contribution is -2.36. The van der Waals surface area contributed by atoms with Gasteiger partial charge in [-0.25, -0.2) is 0 Å². The Bertz CT molecular complexity index is 527. The predicted molar refractivity (Wildman–Crippen MR) is 79.0 cm³/mol. The fourth-order valence-electron chi connectivity index (χ4n) is 2.59. The van der Waals surface area contributed by atoms with Crippen molar-refractivity contribution in [3.05, 3.63) is 34.9 Å². The maximum Gasteiger partial charge on any atom is 0.251 e. The first kappa shape index (κ1) is 12.9. The summed E-state index contributed by atoms with van der Waals surface area (Å²) < 4.78 is 0. The molecule has 3 nitrogen and oxygen atoms in total. The zero-order chi connectivity index (χ0) is 13.6. The van der Waals surface area contributed by atoms with E-state index in [1.54, 1.807) is 4.90 Å². The second kappa shape index (κ2) is 4.76. The van der Waals surface area contributed by atoms with Crippen LogP contribution in [0.1, 0.15) is 31.4 Å². The van der Waals surface area contributed by atoms with Gasteiger partial charge in [0.05, 0.1) is 6.04 Å². The van der Waals surface area contributed by atoms with Gasteiger partial charge in [-0.15, -0.1) is 0 Å². The van der Waals surface area contributed by atoms with Crippen molar-refractivity contribution in [1.29, 1.82) is 0 Å². The Hall–Kier alpha value is -1.13. The molecule has 1 aromatic carbocycles.